The van der Waals surface area contributed by atoms with Gasteiger partial charge in [0.25, 0.3) is 10.0 Å². The standard InChI is InChI=1S/C18H26N2O5S2/c1-12-8-10-15(11-9-12)27(22,23)20(7)14(3)24-16(26)13(2)19-17(21)25-18(4,5)6/h8-11,13H,3H2,1-2,4-7H3,(H,19,21)/t13-/m0/s1. The first-order chi connectivity index (χ1) is 12.2. The van der Waals surface area contributed by atoms with Crippen LogP contribution in [0.25, 0.3) is 0 Å². The predicted octanol–water partition coefficient (Wildman–Crippen LogP) is 3.34. The van der Waals surface area contributed by atoms with Crippen molar-refractivity contribution in [1.82, 2.24) is 9.62 Å². The summed E-state index contributed by atoms with van der Waals surface area (Å²) in [6.45, 7) is 12.3. The lowest BCUT2D eigenvalue weighted by atomic mass is 10.2. The normalized spacial score (nSPS) is 12.7. The Morgan fingerprint density at radius 2 is 1.78 bits per heavy atom. The zero-order chi connectivity index (χ0) is 21.0. The number of aryl methyl sites for hydroxylation is 1. The number of carbonyl (C=O) groups excluding carboxylic acids is 1. The van der Waals surface area contributed by atoms with Gasteiger partial charge in [-0.15, -0.1) is 0 Å². The highest BCUT2D eigenvalue weighted by atomic mass is 32.2. The molecule has 0 aliphatic heterocycles. The number of hydrogen-bond acceptors (Lipinski definition) is 6. The first-order valence-corrected chi connectivity index (χ1v) is 10.0. The van der Waals surface area contributed by atoms with Crippen molar-refractivity contribution in [2.75, 3.05) is 7.05 Å². The van der Waals surface area contributed by atoms with Gasteiger partial charge in [-0.1, -0.05) is 17.7 Å². The van der Waals surface area contributed by atoms with Gasteiger partial charge in [0.05, 0.1) is 10.9 Å². The van der Waals surface area contributed by atoms with Gasteiger partial charge in [-0.2, -0.15) is 0 Å². The van der Waals surface area contributed by atoms with Gasteiger partial charge >= 0.3 is 6.09 Å². The van der Waals surface area contributed by atoms with Crippen molar-refractivity contribution in [3.8, 4) is 0 Å². The van der Waals surface area contributed by atoms with Crippen LogP contribution in [-0.4, -0.2) is 42.6 Å². The third kappa shape index (κ3) is 6.84. The van der Waals surface area contributed by atoms with Gasteiger partial charge in [0.1, 0.15) is 5.60 Å². The van der Waals surface area contributed by atoms with Crippen LogP contribution in [-0.2, 0) is 19.5 Å². The van der Waals surface area contributed by atoms with Crippen molar-refractivity contribution in [2.45, 2.75) is 51.2 Å². The van der Waals surface area contributed by atoms with E-state index in [1.54, 1.807) is 39.8 Å². The maximum atomic E-state index is 12.6. The van der Waals surface area contributed by atoms with E-state index < -0.39 is 27.8 Å². The Kier molecular flexibility index (Phi) is 7.39. The quantitative estimate of drug-likeness (QED) is 0.568. The smallest absolute Gasteiger partial charge is 0.408 e. The molecule has 1 aromatic carbocycles. The van der Waals surface area contributed by atoms with E-state index in [-0.39, 0.29) is 15.8 Å². The van der Waals surface area contributed by atoms with E-state index >= 15 is 0 Å². The van der Waals surface area contributed by atoms with E-state index in [9.17, 15) is 13.2 Å². The number of alkyl carbamates (subject to hydrolysis) is 1. The summed E-state index contributed by atoms with van der Waals surface area (Å²) < 4.78 is 36.6. The number of nitrogens with one attached hydrogen (secondary N) is 1. The van der Waals surface area contributed by atoms with Crippen molar-refractivity contribution in [3.05, 3.63) is 42.3 Å². The summed E-state index contributed by atoms with van der Waals surface area (Å²) in [7, 11) is -2.52. The number of nitrogens with zero attached hydrogens (tertiary/aromatic N) is 1. The molecular formula is C18H26N2O5S2. The monoisotopic (exact) mass is 414 g/mol. The highest BCUT2D eigenvalue weighted by Gasteiger charge is 2.25. The Bertz CT molecular complexity index is 811. The number of sulfonamides is 1. The summed E-state index contributed by atoms with van der Waals surface area (Å²) in [6, 6.07) is 5.70. The second-order valence-electron chi connectivity index (χ2n) is 6.97. The molecule has 0 aromatic heterocycles. The first kappa shape index (κ1) is 22.9. The summed E-state index contributed by atoms with van der Waals surface area (Å²) in [5.74, 6) is -0.182. The molecule has 0 heterocycles. The fourth-order valence-corrected chi connectivity index (χ4v) is 3.07. The second kappa shape index (κ2) is 8.71. The van der Waals surface area contributed by atoms with Crippen LogP contribution in [0.4, 0.5) is 4.79 Å². The molecule has 0 aliphatic rings. The average Bonchev–Trinajstić information content (AvgIpc) is 2.52. The number of rotatable bonds is 6. The van der Waals surface area contributed by atoms with Crippen LogP contribution in [0.1, 0.15) is 33.3 Å². The van der Waals surface area contributed by atoms with Gasteiger partial charge in [0, 0.05) is 7.05 Å². The predicted molar refractivity (Wildman–Crippen MR) is 108 cm³/mol. The van der Waals surface area contributed by atoms with Crippen molar-refractivity contribution in [2.24, 2.45) is 0 Å². The lowest BCUT2D eigenvalue weighted by Crippen LogP contribution is -2.42. The largest absolute Gasteiger partial charge is 0.444 e. The van der Waals surface area contributed by atoms with Crippen LogP contribution in [0.5, 0.6) is 0 Å². The Labute approximate surface area is 166 Å². The summed E-state index contributed by atoms with van der Waals surface area (Å²) >= 11 is 5.11. The third-order valence-corrected chi connectivity index (χ3v) is 5.57. The molecule has 0 unspecified atom stereocenters. The van der Waals surface area contributed by atoms with Gasteiger partial charge < -0.3 is 14.8 Å². The van der Waals surface area contributed by atoms with Crippen LogP contribution in [0.15, 0.2) is 41.6 Å². The molecule has 7 nitrogen and oxygen atoms in total. The lowest BCUT2D eigenvalue weighted by Gasteiger charge is -2.25. The molecule has 27 heavy (non-hydrogen) atoms. The van der Waals surface area contributed by atoms with Crippen molar-refractivity contribution in [3.63, 3.8) is 0 Å². The zero-order valence-corrected chi connectivity index (χ0v) is 18.0. The molecular weight excluding hydrogens is 388 g/mol. The number of amides is 1. The number of carbonyl (C=O) groups is 1. The van der Waals surface area contributed by atoms with E-state index in [1.165, 1.54) is 19.2 Å². The molecule has 1 aromatic rings. The van der Waals surface area contributed by atoms with Gasteiger partial charge in [-0.05, 0) is 65.5 Å². The molecule has 0 radical (unpaired) electrons. The topological polar surface area (TPSA) is 84.9 Å². The van der Waals surface area contributed by atoms with Gasteiger partial charge in [0.15, 0.2) is 5.05 Å². The van der Waals surface area contributed by atoms with Gasteiger partial charge in [0.2, 0.25) is 5.88 Å². The first-order valence-electron chi connectivity index (χ1n) is 8.20. The van der Waals surface area contributed by atoms with E-state index in [1.807, 2.05) is 6.92 Å². The molecule has 1 atom stereocenters. The number of hydrogen-bond donors (Lipinski definition) is 1. The minimum absolute atomic E-state index is 0.0446. The molecule has 0 spiro atoms. The van der Waals surface area contributed by atoms with Crippen LogP contribution in [0.3, 0.4) is 0 Å². The summed E-state index contributed by atoms with van der Waals surface area (Å²) in [5.41, 5.74) is 0.285. The van der Waals surface area contributed by atoms with E-state index in [0.29, 0.717) is 0 Å². The Morgan fingerprint density at radius 3 is 2.26 bits per heavy atom. The number of thiocarbonyl (C=S) groups is 1. The molecule has 0 fully saturated rings. The fraction of sp³-hybridized carbons (Fsp3) is 0.444. The highest BCUT2D eigenvalue weighted by molar-refractivity contribution is 7.89. The molecule has 150 valence electrons. The van der Waals surface area contributed by atoms with E-state index in [4.69, 9.17) is 21.7 Å². The van der Waals surface area contributed by atoms with Gasteiger partial charge in [-0.3, -0.25) is 0 Å². The molecule has 0 bridgehead atoms. The maximum absolute atomic E-state index is 12.6. The van der Waals surface area contributed by atoms with Crippen LogP contribution < -0.4 is 5.32 Å². The van der Waals surface area contributed by atoms with E-state index in [2.05, 4.69) is 11.9 Å². The lowest BCUT2D eigenvalue weighted by molar-refractivity contribution is 0.0517. The zero-order valence-electron chi connectivity index (χ0n) is 16.4. The molecule has 1 N–H and O–H groups in total. The van der Waals surface area contributed by atoms with E-state index in [0.717, 1.165) is 9.87 Å². The molecule has 0 saturated carbocycles. The summed E-state index contributed by atoms with van der Waals surface area (Å²) in [4.78, 5) is 11.9. The SMILES string of the molecule is C=C(OC(=S)[C@H](C)NC(=O)OC(C)(C)C)N(C)S(=O)(=O)c1ccc(C)cc1. The molecule has 1 amide bonds. The minimum atomic E-state index is -3.84. The third-order valence-electron chi connectivity index (χ3n) is 3.34. The molecule has 9 heteroatoms. The average molecular weight is 415 g/mol. The van der Waals surface area contributed by atoms with Crippen molar-refractivity contribution in [1.29, 1.82) is 0 Å². The number of benzene rings is 1. The molecule has 1 rings (SSSR count). The van der Waals surface area contributed by atoms with Crippen molar-refractivity contribution < 1.29 is 22.7 Å². The highest BCUT2D eigenvalue weighted by Crippen LogP contribution is 2.19. The van der Waals surface area contributed by atoms with Crippen molar-refractivity contribution >= 4 is 33.4 Å². The molecule has 0 saturated heterocycles. The van der Waals surface area contributed by atoms with Crippen LogP contribution >= 0.6 is 12.2 Å². The Hall–Kier alpha value is -2.13. The second-order valence-corrected chi connectivity index (χ2v) is 9.34. The van der Waals surface area contributed by atoms with Crippen LogP contribution in [0, 0.1) is 6.92 Å². The molecule has 0 aliphatic carbocycles. The van der Waals surface area contributed by atoms with Crippen LogP contribution in [0.2, 0.25) is 0 Å². The number of ether oxygens (including phenoxy) is 2. The maximum Gasteiger partial charge on any atom is 0.408 e. The fourth-order valence-electron chi connectivity index (χ4n) is 1.81. The Balaban J connectivity index is 2.75. The summed E-state index contributed by atoms with van der Waals surface area (Å²) in [5, 5.41) is 2.48. The van der Waals surface area contributed by atoms with Gasteiger partial charge in [-0.25, -0.2) is 17.5 Å². The summed E-state index contributed by atoms with van der Waals surface area (Å²) in [6.07, 6.45) is -0.660. The Morgan fingerprint density at radius 1 is 1.26 bits per heavy atom. The minimum Gasteiger partial charge on any atom is -0.444 e.